The largest absolute Gasteiger partial charge is 0.349 e. The van der Waals surface area contributed by atoms with E-state index in [4.69, 9.17) is 0 Å². The van der Waals surface area contributed by atoms with Gasteiger partial charge in [-0.25, -0.2) is 9.97 Å². The second kappa shape index (κ2) is 4.56. The van der Waals surface area contributed by atoms with E-state index >= 15 is 0 Å². The van der Waals surface area contributed by atoms with Crippen molar-refractivity contribution in [3.05, 3.63) is 60.2 Å². The van der Waals surface area contributed by atoms with Crippen LogP contribution in [0.4, 0.5) is 0 Å². The molecular formula is C14H13N3O. The van der Waals surface area contributed by atoms with E-state index in [0.29, 0.717) is 6.42 Å². The molecule has 1 amide bonds. The summed E-state index contributed by atoms with van der Waals surface area (Å²) in [4.78, 5) is 19.8. The fraction of sp³-hybridized carbons (Fsp3) is 0.214. The molecule has 90 valence electrons. The quantitative estimate of drug-likeness (QED) is 0.869. The van der Waals surface area contributed by atoms with Crippen molar-refractivity contribution in [3.8, 4) is 0 Å². The molecule has 18 heavy (non-hydrogen) atoms. The summed E-state index contributed by atoms with van der Waals surface area (Å²) in [5.41, 5.74) is 2.03. The van der Waals surface area contributed by atoms with Crippen LogP contribution in [0.2, 0.25) is 0 Å². The Morgan fingerprint density at radius 2 is 2.00 bits per heavy atom. The van der Waals surface area contributed by atoms with Gasteiger partial charge in [0.25, 0.3) is 0 Å². The summed E-state index contributed by atoms with van der Waals surface area (Å²) in [5, 5.41) is 3.02. The molecule has 0 bridgehead atoms. The molecule has 2 atom stereocenters. The number of hydrogen-bond acceptors (Lipinski definition) is 3. The van der Waals surface area contributed by atoms with Gasteiger partial charge < -0.3 is 5.32 Å². The molecule has 1 saturated heterocycles. The van der Waals surface area contributed by atoms with Gasteiger partial charge in [0.2, 0.25) is 5.91 Å². The Hall–Kier alpha value is -2.23. The Bertz CT molecular complexity index is 492. The molecule has 0 aliphatic carbocycles. The van der Waals surface area contributed by atoms with E-state index in [-0.39, 0.29) is 17.9 Å². The van der Waals surface area contributed by atoms with Crippen LogP contribution in [0, 0.1) is 0 Å². The molecule has 1 aromatic carbocycles. The molecule has 1 N–H and O–H groups in total. The Kier molecular flexibility index (Phi) is 2.76. The van der Waals surface area contributed by atoms with Gasteiger partial charge in [-0.05, 0) is 11.6 Å². The standard InChI is InChI=1S/C14H13N3O/c18-13-8-11(12-6-7-15-9-16-12)14(17-13)10-4-2-1-3-5-10/h1-7,9,11,14H,8H2,(H,17,18). The topological polar surface area (TPSA) is 54.9 Å². The fourth-order valence-corrected chi connectivity index (χ4v) is 2.42. The van der Waals surface area contributed by atoms with Crippen LogP contribution in [-0.4, -0.2) is 15.9 Å². The number of nitrogens with zero attached hydrogens (tertiary/aromatic N) is 2. The number of carbonyl (C=O) groups excluding carboxylic acids is 1. The van der Waals surface area contributed by atoms with Crippen LogP contribution < -0.4 is 5.32 Å². The lowest BCUT2D eigenvalue weighted by molar-refractivity contribution is -0.119. The van der Waals surface area contributed by atoms with Gasteiger partial charge >= 0.3 is 0 Å². The zero-order valence-electron chi connectivity index (χ0n) is 9.78. The highest BCUT2D eigenvalue weighted by molar-refractivity contribution is 5.80. The third kappa shape index (κ3) is 1.97. The van der Waals surface area contributed by atoms with Gasteiger partial charge in [0.05, 0.1) is 6.04 Å². The van der Waals surface area contributed by atoms with Gasteiger partial charge in [-0.15, -0.1) is 0 Å². The average Bonchev–Trinajstić information content (AvgIpc) is 2.83. The lowest BCUT2D eigenvalue weighted by atomic mass is 9.91. The van der Waals surface area contributed by atoms with E-state index in [1.54, 1.807) is 6.20 Å². The summed E-state index contributed by atoms with van der Waals surface area (Å²) in [7, 11) is 0. The van der Waals surface area contributed by atoms with Crippen molar-refractivity contribution in [1.82, 2.24) is 15.3 Å². The second-order valence-corrected chi connectivity index (χ2v) is 4.40. The maximum Gasteiger partial charge on any atom is 0.221 e. The Balaban J connectivity index is 1.96. The van der Waals surface area contributed by atoms with Crippen LogP contribution in [0.15, 0.2) is 48.9 Å². The highest BCUT2D eigenvalue weighted by Crippen LogP contribution is 2.36. The van der Waals surface area contributed by atoms with Gasteiger partial charge in [0.15, 0.2) is 0 Å². The molecule has 3 rings (SSSR count). The van der Waals surface area contributed by atoms with E-state index in [9.17, 15) is 4.79 Å². The molecule has 4 nitrogen and oxygen atoms in total. The van der Waals surface area contributed by atoms with Crippen LogP contribution in [0.5, 0.6) is 0 Å². The molecule has 0 radical (unpaired) electrons. The fourth-order valence-electron chi connectivity index (χ4n) is 2.42. The molecular weight excluding hydrogens is 226 g/mol. The molecule has 1 aromatic heterocycles. The monoisotopic (exact) mass is 239 g/mol. The molecule has 4 heteroatoms. The summed E-state index contributed by atoms with van der Waals surface area (Å²) in [5.74, 6) is 0.162. The van der Waals surface area contributed by atoms with E-state index < -0.39 is 0 Å². The maximum absolute atomic E-state index is 11.7. The zero-order valence-corrected chi connectivity index (χ0v) is 9.78. The van der Waals surface area contributed by atoms with Gasteiger partial charge in [-0.1, -0.05) is 30.3 Å². The van der Waals surface area contributed by atoms with Crippen molar-refractivity contribution in [3.63, 3.8) is 0 Å². The zero-order chi connectivity index (χ0) is 12.4. The number of rotatable bonds is 2. The summed E-state index contributed by atoms with van der Waals surface area (Å²) in [6.07, 6.45) is 3.73. The second-order valence-electron chi connectivity index (χ2n) is 4.40. The van der Waals surface area contributed by atoms with Gasteiger partial charge in [0, 0.05) is 24.2 Å². The minimum Gasteiger partial charge on any atom is -0.349 e. The van der Waals surface area contributed by atoms with Gasteiger partial charge in [-0.2, -0.15) is 0 Å². The van der Waals surface area contributed by atoms with Crippen molar-refractivity contribution in [2.75, 3.05) is 0 Å². The Morgan fingerprint density at radius 1 is 1.17 bits per heavy atom. The Morgan fingerprint density at radius 3 is 2.72 bits per heavy atom. The summed E-state index contributed by atoms with van der Waals surface area (Å²) in [6, 6.07) is 11.9. The van der Waals surface area contributed by atoms with Crippen LogP contribution in [0.1, 0.15) is 29.6 Å². The number of hydrogen-bond donors (Lipinski definition) is 1. The van der Waals surface area contributed by atoms with Crippen LogP contribution >= 0.6 is 0 Å². The molecule has 2 aromatic rings. The third-order valence-electron chi connectivity index (χ3n) is 3.27. The number of nitrogens with one attached hydrogen (secondary N) is 1. The van der Waals surface area contributed by atoms with E-state index in [0.717, 1.165) is 11.3 Å². The first-order valence-electron chi connectivity index (χ1n) is 5.95. The summed E-state index contributed by atoms with van der Waals surface area (Å²) < 4.78 is 0. The molecule has 1 aliphatic rings. The highest BCUT2D eigenvalue weighted by Gasteiger charge is 2.35. The van der Waals surface area contributed by atoms with Gasteiger partial charge in [-0.3, -0.25) is 4.79 Å². The molecule has 1 fully saturated rings. The van der Waals surface area contributed by atoms with E-state index in [1.165, 1.54) is 6.33 Å². The van der Waals surface area contributed by atoms with E-state index in [1.807, 2.05) is 36.4 Å². The van der Waals surface area contributed by atoms with Crippen LogP contribution in [0.25, 0.3) is 0 Å². The first kappa shape index (κ1) is 10.9. The normalized spacial score (nSPS) is 22.8. The molecule has 0 spiro atoms. The third-order valence-corrected chi connectivity index (χ3v) is 3.27. The molecule has 2 unspecified atom stereocenters. The van der Waals surface area contributed by atoms with Crippen LogP contribution in [-0.2, 0) is 4.79 Å². The SMILES string of the molecule is O=C1CC(c2ccncn2)C(c2ccccc2)N1. The number of carbonyl (C=O) groups is 1. The number of amides is 1. The summed E-state index contributed by atoms with van der Waals surface area (Å²) >= 11 is 0. The van der Waals surface area contributed by atoms with Gasteiger partial charge in [0.1, 0.15) is 6.33 Å². The summed E-state index contributed by atoms with van der Waals surface area (Å²) in [6.45, 7) is 0. The number of aromatic nitrogens is 2. The van der Waals surface area contributed by atoms with Crippen LogP contribution in [0.3, 0.4) is 0 Å². The smallest absolute Gasteiger partial charge is 0.221 e. The van der Waals surface area contributed by atoms with Crippen molar-refractivity contribution >= 4 is 5.91 Å². The molecule has 0 saturated carbocycles. The van der Waals surface area contributed by atoms with Crippen molar-refractivity contribution in [2.24, 2.45) is 0 Å². The van der Waals surface area contributed by atoms with Crippen molar-refractivity contribution in [2.45, 2.75) is 18.4 Å². The molecule has 2 heterocycles. The average molecular weight is 239 g/mol. The minimum absolute atomic E-state index is 0.00796. The lowest BCUT2D eigenvalue weighted by Crippen LogP contribution is -2.20. The Labute approximate surface area is 105 Å². The predicted molar refractivity (Wildman–Crippen MR) is 66.7 cm³/mol. The minimum atomic E-state index is 0.00796. The first-order valence-corrected chi connectivity index (χ1v) is 5.95. The lowest BCUT2D eigenvalue weighted by Gasteiger charge is -2.18. The predicted octanol–water partition coefficient (Wildman–Crippen LogP) is 1.82. The highest BCUT2D eigenvalue weighted by atomic mass is 16.2. The first-order chi connectivity index (χ1) is 8.84. The van der Waals surface area contributed by atoms with Crippen molar-refractivity contribution < 1.29 is 4.79 Å². The molecule has 1 aliphatic heterocycles. The van der Waals surface area contributed by atoms with E-state index in [2.05, 4.69) is 15.3 Å². The number of benzene rings is 1. The van der Waals surface area contributed by atoms with Crippen molar-refractivity contribution in [1.29, 1.82) is 0 Å². The maximum atomic E-state index is 11.7.